The number of nitrogens with zero attached hydrogens (tertiary/aromatic N) is 16. The number of fused-ring (bicyclic) bond motifs is 6. The normalized spacial score (nSPS) is 21.0. The summed E-state index contributed by atoms with van der Waals surface area (Å²) in [7, 11) is 1.63. The lowest BCUT2D eigenvalue weighted by Crippen LogP contribution is -2.33. The average molecular weight is 1420 g/mol. The Labute approximate surface area is 577 Å². The fraction of sp³-hybridized carbons (Fsp3) is 0.433. The van der Waals surface area contributed by atoms with Crippen LogP contribution < -0.4 is 17.1 Å². The molecule has 5 aliphatic rings. The zero-order valence-electron chi connectivity index (χ0n) is 54.3. The van der Waals surface area contributed by atoms with Crippen molar-refractivity contribution in [2.24, 2.45) is 7.05 Å². The molecule has 4 N–H and O–H groups in total. The molecule has 3 saturated carbocycles. The minimum absolute atomic E-state index is 0.0378. The van der Waals surface area contributed by atoms with Gasteiger partial charge in [0.1, 0.15) is 53.0 Å². The number of aryl methyl sites for hydroxylation is 1. The Hall–Kier alpha value is -8.84. The van der Waals surface area contributed by atoms with E-state index >= 15 is 0 Å². The molecule has 2 aliphatic heterocycles. The average Bonchev–Trinajstić information content (AvgIpc) is 1.61. The van der Waals surface area contributed by atoms with E-state index in [9.17, 15) is 37.8 Å². The highest BCUT2D eigenvalue weighted by Crippen LogP contribution is 2.36. The maximum absolute atomic E-state index is 13.9. The Balaban J connectivity index is 0.000000127. The molecule has 11 heterocycles. The van der Waals surface area contributed by atoms with E-state index in [1.54, 1.807) is 54.3 Å². The Bertz CT molecular complexity index is 5100. The van der Waals surface area contributed by atoms with Gasteiger partial charge in [-0.3, -0.25) is 32.0 Å². The van der Waals surface area contributed by atoms with Crippen molar-refractivity contribution in [1.29, 1.82) is 0 Å². The van der Waals surface area contributed by atoms with Crippen LogP contribution in [-0.2, 0) is 21.3 Å². The smallest absolute Gasteiger partial charge is 0.330 e. The summed E-state index contributed by atoms with van der Waals surface area (Å²) in [5.41, 5.74) is 4.94. The van der Waals surface area contributed by atoms with Crippen LogP contribution >= 0.6 is 34.8 Å². The van der Waals surface area contributed by atoms with Crippen molar-refractivity contribution in [3.05, 3.63) is 150 Å². The second kappa shape index (κ2) is 29.9. The molecule has 4 fully saturated rings. The number of imidazole rings is 6. The minimum atomic E-state index is -0.402. The highest BCUT2D eigenvalue weighted by Gasteiger charge is 2.32. The van der Waals surface area contributed by atoms with Gasteiger partial charge < -0.3 is 34.4 Å². The summed E-state index contributed by atoms with van der Waals surface area (Å²) in [6, 6.07) is 12.6. The van der Waals surface area contributed by atoms with Crippen LogP contribution in [0.5, 0.6) is 0 Å². The standard InChI is InChI=1S/C23H24ClFN6O3.C19H18ClFN6O2.C18H16ClFN6O2.C5H8O.C2H6/c24-20-19-21(29-22(28-20)30-12-26-16-9-4-13(25)11-17(16)30)31(23(32)27-19)14-5-7-15(8-6-14)34-18-3-1-2-10-33-18;1-25-15-16(20)23-18(26-9-22-13-7-2-10(21)8-14(13)26)24-17(15)27(19(25)29)11-3-5-12(28)6-4-11;19-15-14-16(26(18(28)22-14)10-2-4-11(27)5-3-10)24-17(23-15)25-8-21-12-6-1-9(20)7-13(12)25;1-2-4-6-5-3-1;1-2/h4,9,11-12,14-15,18H,1-3,5-8,10H2,(H,27,32);2,7-9,11-12,28H,3-6H2,1H3;1,6-8,10-11,27H,2-5H2,(H,22,28);2,4H,1,3,5H2;1-2H3. The predicted octanol–water partition coefficient (Wildman–Crippen LogP) is 12.1. The molecule has 3 aliphatic carbocycles. The number of aromatic nitrogens is 18. The highest BCUT2D eigenvalue weighted by atomic mass is 35.5. The number of aliphatic hydroxyl groups excluding tert-OH is 2. The van der Waals surface area contributed by atoms with Gasteiger partial charge in [0.2, 0.25) is 17.8 Å². The fourth-order valence-electron chi connectivity index (χ4n) is 13.5. The molecule has 1 unspecified atom stereocenters. The molecule has 12 aromatic rings. The van der Waals surface area contributed by atoms with E-state index in [1.807, 2.05) is 19.9 Å². The first-order valence-corrected chi connectivity index (χ1v) is 34.4. The van der Waals surface area contributed by atoms with Gasteiger partial charge in [0.05, 0.1) is 64.3 Å². The molecule has 0 radical (unpaired) electrons. The van der Waals surface area contributed by atoms with Gasteiger partial charge in [0, 0.05) is 50.0 Å². The van der Waals surface area contributed by atoms with Gasteiger partial charge >= 0.3 is 17.1 Å². The van der Waals surface area contributed by atoms with Crippen LogP contribution in [0.4, 0.5) is 13.2 Å². The van der Waals surface area contributed by atoms with Gasteiger partial charge in [-0.15, -0.1) is 0 Å². The van der Waals surface area contributed by atoms with Crippen molar-refractivity contribution in [1.82, 2.24) is 86.8 Å². The molecule has 520 valence electrons. The number of nitrogens with one attached hydrogen (secondary N) is 2. The minimum Gasteiger partial charge on any atom is -0.502 e. The van der Waals surface area contributed by atoms with Crippen molar-refractivity contribution < 1.29 is 37.6 Å². The van der Waals surface area contributed by atoms with Crippen LogP contribution in [0.3, 0.4) is 0 Å². The maximum atomic E-state index is 13.9. The van der Waals surface area contributed by atoms with Gasteiger partial charge in [-0.2, -0.15) is 29.9 Å². The fourth-order valence-corrected chi connectivity index (χ4v) is 14.2. The summed E-state index contributed by atoms with van der Waals surface area (Å²) in [5, 5.41) is 19.9. The lowest BCUT2D eigenvalue weighted by Gasteiger charge is -2.33. The van der Waals surface area contributed by atoms with Crippen LogP contribution in [0, 0.1) is 17.5 Å². The first-order chi connectivity index (χ1) is 48.0. The number of H-pyrrole nitrogens is 2. The molecule has 26 nitrogen and oxygen atoms in total. The molecule has 3 aromatic carbocycles. The molecule has 0 spiro atoms. The Morgan fingerprint density at radius 1 is 0.525 bits per heavy atom. The molecule has 99 heavy (non-hydrogen) atoms. The number of allylic oxidation sites excluding steroid dienone is 1. The number of hydrogen-bond acceptors (Lipinski definition) is 17. The van der Waals surface area contributed by atoms with E-state index in [0.29, 0.717) is 118 Å². The Morgan fingerprint density at radius 2 is 0.960 bits per heavy atom. The Morgan fingerprint density at radius 3 is 1.36 bits per heavy atom. The van der Waals surface area contributed by atoms with Crippen LogP contribution in [0.1, 0.15) is 141 Å². The summed E-state index contributed by atoms with van der Waals surface area (Å²) < 4.78 is 69.1. The lowest BCUT2D eigenvalue weighted by atomic mass is 9.92. The van der Waals surface area contributed by atoms with Crippen molar-refractivity contribution in [2.75, 3.05) is 13.2 Å². The van der Waals surface area contributed by atoms with Gasteiger partial charge in [-0.1, -0.05) is 48.7 Å². The van der Waals surface area contributed by atoms with Crippen molar-refractivity contribution in [3.8, 4) is 17.8 Å². The number of aromatic amines is 2. The number of benzene rings is 3. The van der Waals surface area contributed by atoms with Gasteiger partial charge in [0.25, 0.3) is 0 Å². The topological polar surface area (TPSA) is 301 Å². The Kier molecular flexibility index (Phi) is 20.8. The van der Waals surface area contributed by atoms with Crippen LogP contribution in [0.2, 0.25) is 15.5 Å². The zero-order valence-corrected chi connectivity index (χ0v) is 56.6. The third-order valence-corrected chi connectivity index (χ3v) is 19.3. The van der Waals surface area contributed by atoms with Crippen molar-refractivity contribution >= 4 is 101 Å². The van der Waals surface area contributed by atoms with Crippen LogP contribution in [0.25, 0.3) is 84.4 Å². The van der Waals surface area contributed by atoms with Gasteiger partial charge in [0.15, 0.2) is 38.7 Å². The third kappa shape index (κ3) is 14.4. The van der Waals surface area contributed by atoms with E-state index < -0.39 is 17.5 Å². The summed E-state index contributed by atoms with van der Waals surface area (Å²) in [6.07, 6.45) is 21.6. The molecular formula is C67H72Cl3F3N18O8. The van der Waals surface area contributed by atoms with E-state index in [1.165, 1.54) is 77.4 Å². The van der Waals surface area contributed by atoms with E-state index in [2.05, 4.69) is 54.8 Å². The molecule has 0 amide bonds. The van der Waals surface area contributed by atoms with E-state index in [-0.39, 0.29) is 93.1 Å². The van der Waals surface area contributed by atoms with E-state index in [4.69, 9.17) is 49.0 Å². The predicted molar refractivity (Wildman–Crippen MR) is 367 cm³/mol. The first kappa shape index (κ1) is 68.7. The number of ether oxygens (including phenoxy) is 3. The molecule has 1 atom stereocenters. The molecule has 17 rings (SSSR count). The monoisotopic (exact) mass is 1420 g/mol. The lowest BCUT2D eigenvalue weighted by molar-refractivity contribution is -0.194. The zero-order chi connectivity index (χ0) is 69.2. The van der Waals surface area contributed by atoms with Crippen molar-refractivity contribution in [2.45, 2.75) is 166 Å². The summed E-state index contributed by atoms with van der Waals surface area (Å²) >= 11 is 19.2. The van der Waals surface area contributed by atoms with Gasteiger partial charge in [-0.05, 0) is 152 Å². The number of aliphatic hydroxyl groups is 2. The third-order valence-electron chi connectivity index (χ3n) is 18.4. The highest BCUT2D eigenvalue weighted by molar-refractivity contribution is 6.34. The second-order valence-corrected chi connectivity index (χ2v) is 25.8. The molecule has 0 bridgehead atoms. The molecule has 1 saturated heterocycles. The number of hydrogen-bond donors (Lipinski definition) is 4. The quantitative estimate of drug-likeness (QED) is 0.103. The summed E-state index contributed by atoms with van der Waals surface area (Å²) in [5.74, 6) is -0.549. The summed E-state index contributed by atoms with van der Waals surface area (Å²) in [4.78, 5) is 83.5. The number of halogens is 6. The maximum Gasteiger partial charge on any atom is 0.330 e. The van der Waals surface area contributed by atoms with Crippen LogP contribution in [-0.4, -0.2) is 135 Å². The van der Waals surface area contributed by atoms with Gasteiger partial charge in [-0.25, -0.2) is 42.5 Å². The number of rotatable bonds is 8. The van der Waals surface area contributed by atoms with Crippen LogP contribution in [0.15, 0.2) is 100 Å². The molecule has 9 aromatic heterocycles. The second-order valence-electron chi connectivity index (χ2n) is 24.7. The molecule has 32 heteroatoms. The summed E-state index contributed by atoms with van der Waals surface area (Å²) in [6.45, 7) is 5.67. The van der Waals surface area contributed by atoms with E-state index in [0.717, 1.165) is 58.2 Å². The SMILES string of the molecule is C1=COCCC1.CC.Cn1c(=O)n(C2CCC(O)CC2)c2nc(-n3cnc4ccc(F)cc43)nc(Cl)c21.O=c1[nH]c2c(Cl)nc(-n3cnc4ccc(F)cc43)nc2n1C1CCC(O)CC1.O=c1[nH]c2c(Cl)nc(-n3cnc4ccc(F)cc43)nc2n1C1CCC(OC2CCCCO2)CC1. The first-order valence-electron chi connectivity index (χ1n) is 33.3. The molecular weight excluding hydrogens is 1350 g/mol. The van der Waals surface area contributed by atoms with Crippen molar-refractivity contribution in [3.63, 3.8) is 0 Å². The largest absolute Gasteiger partial charge is 0.502 e.